The van der Waals surface area contributed by atoms with Crippen LogP contribution >= 0.6 is 0 Å². The van der Waals surface area contributed by atoms with Crippen molar-refractivity contribution < 1.29 is 71.8 Å². The van der Waals surface area contributed by atoms with Gasteiger partial charge in [-0.05, 0) is 176 Å². The van der Waals surface area contributed by atoms with Crippen molar-refractivity contribution >= 4 is 46.2 Å². The fraction of sp³-hybridized carbons (Fsp3) is 0.627. The van der Waals surface area contributed by atoms with Crippen LogP contribution in [0.1, 0.15) is 226 Å². The van der Waals surface area contributed by atoms with E-state index in [0.29, 0.717) is 83.5 Å². The smallest absolute Gasteiger partial charge is 0.409 e. The Morgan fingerprint density at radius 2 is 0.944 bits per heavy atom. The predicted octanol–water partition coefficient (Wildman–Crippen LogP) is 17.9. The van der Waals surface area contributed by atoms with Gasteiger partial charge in [0.05, 0.1) is 35.9 Å². The maximum atomic E-state index is 13.9. The van der Waals surface area contributed by atoms with Gasteiger partial charge in [0, 0.05) is 177 Å². The first kappa shape index (κ1) is 98.3. The van der Waals surface area contributed by atoms with E-state index in [1.807, 2.05) is 138 Å². The maximum absolute atomic E-state index is 13.9. The first-order valence-electron chi connectivity index (χ1n) is 47.7. The summed E-state index contributed by atoms with van der Waals surface area (Å²) in [7, 11) is 10.6. The van der Waals surface area contributed by atoms with Gasteiger partial charge in [0.15, 0.2) is 0 Å². The molecule has 0 spiro atoms. The van der Waals surface area contributed by atoms with Crippen molar-refractivity contribution in [1.29, 1.82) is 0 Å². The van der Waals surface area contributed by atoms with Gasteiger partial charge in [-0.2, -0.15) is 0 Å². The molecule has 9 N–H and O–H groups in total. The highest BCUT2D eigenvalue weighted by Gasteiger charge is 2.47. The molecule has 0 radical (unpaired) electrons. The number of benzene rings is 5. The van der Waals surface area contributed by atoms with Gasteiger partial charge >= 0.3 is 24.2 Å². The molecule has 126 heavy (non-hydrogen) atoms. The molecule has 1 unspecified atom stereocenters. The number of carbonyl (C=O) groups is 4. The second-order valence-electron chi connectivity index (χ2n) is 37.0. The summed E-state index contributed by atoms with van der Waals surface area (Å²) in [5, 5.41) is 51.8. The monoisotopic (exact) mass is 1740 g/mol. The van der Waals surface area contributed by atoms with Crippen LogP contribution in [0.4, 0.5) is 19.2 Å². The number of methoxy groups -OCH3 is 3. The van der Waals surface area contributed by atoms with Crippen LogP contribution in [0.2, 0.25) is 0 Å². The summed E-state index contributed by atoms with van der Waals surface area (Å²) >= 11 is 0. The van der Waals surface area contributed by atoms with Crippen LogP contribution in [-0.2, 0) is 60.1 Å². The molecule has 0 bridgehead atoms. The molecule has 24 heteroatoms. The Balaban J connectivity index is 0.000000171. The standard InChI is InChI=1S/C37H51N3O6.C29H47N3O4.C19H27NO3.C17H26N2O2/c1-39(36(42)46-27-29-14-4-3-5-15-29)26-32(24-28-12-6-7-13-28)38-35(41)40-21-11-17-31(25-40)37(43,20-8-9-22-44-2)33-18-10-16-30-19-23-45-34(30)33;1-30-20-25(19-22-9-3-4-10-22)31-28(33)32-16-8-12-24(21-32)29(34,15-5-6-17-35-2)26-13-7-11-23-14-18-36-27(23)26;1-22-12-3-2-10-19(21,16-7-5-11-20-14-16)17-8-4-6-15-9-13-23-18(15)17;1-19(12-16(18)11-14-7-5-6-8-14)17(20)21-13-15-9-3-2-4-10-15/h3-5,10,14-16,18-19,23,28,31-32,43H,6-9,11-13,17,20-22,24-27H2,1-2H3,(H,38,41);7,11,13,22,24-25,30,34H,3-6,8-10,12,14-21H2,1-2H3,(H,31,33);4,6,8-9,13,16,20-21H,2-3,5,7,10-12,14H2,1H3;2-4,9-10,14,16H,5-8,11-13,18H2,1H3/t31-,32+,37+;24-,25+,29+;16?,19-;16-/m1100/s1. The summed E-state index contributed by atoms with van der Waals surface area (Å²) in [6, 6.07) is 41.2. The molecular formula is C102H151N9O15. The third-order valence-electron chi connectivity index (χ3n) is 27.7. The lowest BCUT2D eigenvalue weighted by Crippen LogP contribution is -2.54. The zero-order chi connectivity index (χ0) is 88.9. The predicted molar refractivity (Wildman–Crippen MR) is 496 cm³/mol. The van der Waals surface area contributed by atoms with Crippen molar-refractivity contribution in [3.63, 3.8) is 0 Å². The molecule has 7 aliphatic rings. The number of nitrogens with one attached hydrogen (secondary N) is 4. The number of fused-ring (bicyclic) bond motifs is 3. The molecule has 24 nitrogen and oxygen atoms in total. The summed E-state index contributed by atoms with van der Waals surface area (Å²) in [6.07, 6.45) is 34.3. The molecule has 694 valence electrons. The minimum atomic E-state index is -1.16. The molecule has 6 heterocycles. The topological polar surface area (TPSA) is 298 Å². The number of ether oxygens (including phenoxy) is 6. The van der Waals surface area contributed by atoms with Crippen molar-refractivity contribution in [3.8, 4) is 5.75 Å². The highest BCUT2D eigenvalue weighted by Crippen LogP contribution is 2.48. The van der Waals surface area contributed by atoms with Crippen LogP contribution in [0.15, 0.2) is 149 Å². The molecule has 9 atom stereocenters. The zero-order valence-corrected chi connectivity index (χ0v) is 76.6. The van der Waals surface area contributed by atoms with Crippen molar-refractivity contribution in [1.82, 2.24) is 40.9 Å². The highest BCUT2D eigenvalue weighted by molar-refractivity contribution is 5.82. The number of likely N-dealkylation sites (tertiary alicyclic amines) is 2. The average Bonchev–Trinajstić information content (AvgIpc) is 1.41. The number of nitrogens with two attached hydrogens (primary N) is 1. The lowest BCUT2D eigenvalue weighted by Gasteiger charge is -2.43. The molecule has 5 aromatic carbocycles. The van der Waals surface area contributed by atoms with Crippen molar-refractivity contribution in [2.24, 2.45) is 41.2 Å². The first-order valence-corrected chi connectivity index (χ1v) is 47.7. The van der Waals surface area contributed by atoms with Gasteiger partial charge in [-0.25, -0.2) is 19.2 Å². The molecule has 6 fully saturated rings. The number of likely N-dealkylation sites (N-methyl/N-ethyl adjacent to an activating group) is 3. The fourth-order valence-corrected chi connectivity index (χ4v) is 20.9. The van der Waals surface area contributed by atoms with E-state index in [9.17, 15) is 34.5 Å². The van der Waals surface area contributed by atoms with E-state index in [1.165, 1.54) is 69.8 Å². The Bertz CT molecular complexity index is 4320. The Labute approximate surface area is 750 Å². The number of nitrogens with zero attached hydrogens (tertiary/aromatic N) is 4. The molecule has 14 rings (SSSR count). The third kappa shape index (κ3) is 28.6. The number of aliphatic hydroxyl groups is 3. The number of carbonyl (C=O) groups excluding carboxylic acids is 4. The SMILES string of the molecule is CN(C[C@@H](N)CC1CCCC1)C(=O)OCc1ccccc1.CNC[C@H](CC1CCCC1)NC(=O)N1CCC[C@@H]([C@@](O)(CCCCOC)c2cccc3c2OCC3)C1.COCCCC[C@@](O)(c1cccc2ccoc12)C1CCCNC1.COCCCC[C@@](O)(c1cccc2ccoc12)[C@@H]1CCCN(C(=O)N[C@@H](CC2CCCC2)CN(C)C(=O)OCc2ccccc2)C1. The number of unbranched alkanes of at least 4 members (excludes halogenated alkanes) is 3. The van der Waals surface area contributed by atoms with Gasteiger partial charge in [0.1, 0.15) is 30.1 Å². The van der Waals surface area contributed by atoms with E-state index in [-0.39, 0.29) is 60.6 Å². The number of piperidine rings is 3. The Morgan fingerprint density at radius 3 is 1.42 bits per heavy atom. The zero-order valence-electron chi connectivity index (χ0n) is 76.6. The van der Waals surface area contributed by atoms with E-state index < -0.39 is 22.9 Å². The van der Waals surface area contributed by atoms with Crippen molar-refractivity contribution in [2.45, 2.75) is 247 Å². The van der Waals surface area contributed by atoms with E-state index in [0.717, 1.165) is 217 Å². The Morgan fingerprint density at radius 1 is 0.508 bits per heavy atom. The minimum absolute atomic E-state index is 0.00854. The number of rotatable bonds is 39. The van der Waals surface area contributed by atoms with Gasteiger partial charge in [0.2, 0.25) is 0 Å². The molecule has 4 aliphatic heterocycles. The van der Waals surface area contributed by atoms with Crippen LogP contribution < -0.4 is 31.7 Å². The van der Waals surface area contributed by atoms with Crippen molar-refractivity contribution in [3.05, 3.63) is 173 Å². The minimum Gasteiger partial charge on any atom is -0.493 e. The van der Waals surface area contributed by atoms with Crippen molar-refractivity contribution in [2.75, 3.05) is 128 Å². The van der Waals surface area contributed by atoms with Gasteiger partial charge in [-0.15, -0.1) is 0 Å². The van der Waals surface area contributed by atoms with Crippen LogP contribution in [-0.4, -0.2) is 205 Å². The number of urea groups is 2. The van der Waals surface area contributed by atoms with Crippen LogP contribution in [0.25, 0.3) is 21.9 Å². The normalized spacial score (nSPS) is 20.1. The molecule has 2 aromatic heterocycles. The van der Waals surface area contributed by atoms with Gasteiger partial charge < -0.3 is 99.2 Å². The van der Waals surface area contributed by atoms with E-state index >= 15 is 0 Å². The quantitative estimate of drug-likeness (QED) is 0.0166. The van der Waals surface area contributed by atoms with Gasteiger partial charge in [0.25, 0.3) is 0 Å². The number of furan rings is 2. The molecule has 6 amide bonds. The second kappa shape index (κ2) is 51.2. The lowest BCUT2D eigenvalue weighted by atomic mass is 9.73. The maximum Gasteiger partial charge on any atom is 0.409 e. The number of amides is 6. The molecular weight excluding hydrogens is 1590 g/mol. The third-order valence-corrected chi connectivity index (χ3v) is 27.7. The molecule has 3 saturated heterocycles. The van der Waals surface area contributed by atoms with Crippen LogP contribution in [0.3, 0.4) is 0 Å². The number of para-hydroxylation sites is 3. The summed E-state index contributed by atoms with van der Waals surface area (Å²) in [5.41, 5.74) is 10.4. The van der Waals surface area contributed by atoms with E-state index in [2.05, 4.69) is 27.3 Å². The molecule has 3 saturated carbocycles. The van der Waals surface area contributed by atoms with Crippen LogP contribution in [0, 0.1) is 35.5 Å². The number of hydrogen-bond donors (Lipinski definition) is 8. The summed E-state index contributed by atoms with van der Waals surface area (Å²) in [6.45, 7) is 9.23. The second-order valence-corrected chi connectivity index (χ2v) is 37.0. The highest BCUT2D eigenvalue weighted by atomic mass is 16.6. The summed E-state index contributed by atoms with van der Waals surface area (Å²) in [4.78, 5) is 59.1. The van der Waals surface area contributed by atoms with E-state index in [4.69, 9.17) is 43.0 Å². The van der Waals surface area contributed by atoms with Gasteiger partial charge in [-0.1, -0.05) is 192 Å². The average molecular weight is 1740 g/mol. The van der Waals surface area contributed by atoms with Crippen LogP contribution in [0.5, 0.6) is 5.75 Å². The largest absolute Gasteiger partial charge is 0.493 e. The molecule has 3 aliphatic carbocycles. The fourth-order valence-electron chi connectivity index (χ4n) is 20.9. The Hall–Kier alpha value is -8.30. The van der Waals surface area contributed by atoms with Gasteiger partial charge in [-0.3, -0.25) is 0 Å². The summed E-state index contributed by atoms with van der Waals surface area (Å²) in [5.74, 6) is 2.87. The first-order chi connectivity index (χ1) is 61.3. The lowest BCUT2D eigenvalue weighted by molar-refractivity contribution is -0.0578. The Kier molecular flexibility index (Phi) is 39.9. The molecule has 7 aromatic rings. The van der Waals surface area contributed by atoms with E-state index in [1.54, 1.807) is 57.8 Å². The summed E-state index contributed by atoms with van der Waals surface area (Å²) < 4.78 is 44.2. The number of hydrogen-bond acceptors (Lipinski definition) is 18.